The largest absolute Gasteiger partial charge is 0.870 e. The van der Waals surface area contributed by atoms with E-state index < -0.39 is 5.97 Å². The van der Waals surface area contributed by atoms with Crippen molar-refractivity contribution in [2.45, 2.75) is 45.4 Å². The predicted octanol–water partition coefficient (Wildman–Crippen LogP) is 1.57. The molecule has 104 valence electrons. The van der Waals surface area contributed by atoms with Crippen molar-refractivity contribution < 1.29 is 20.3 Å². The highest BCUT2D eigenvalue weighted by molar-refractivity contribution is 5.79. The lowest BCUT2D eigenvalue weighted by atomic mass is 10.1. The number of unbranched alkanes of at least 4 members (excludes halogenated alkanes) is 5. The van der Waals surface area contributed by atoms with E-state index in [4.69, 9.17) is 5.11 Å². The van der Waals surface area contributed by atoms with Crippen LogP contribution in [0.1, 0.15) is 45.4 Å². The first-order valence-electron chi connectivity index (χ1n) is 6.17. The summed E-state index contributed by atoms with van der Waals surface area (Å²) in [5.41, 5.74) is 0. The summed E-state index contributed by atoms with van der Waals surface area (Å²) in [5, 5.41) is 8.27. The number of carbonyl (C=O) groups is 1. The molecular weight excluding hydrogens is 218 g/mol. The molecule has 0 amide bonds. The summed E-state index contributed by atoms with van der Waals surface area (Å²) in [4.78, 5) is 11.5. The summed E-state index contributed by atoms with van der Waals surface area (Å²) in [6.45, 7) is 2.18. The second-order valence-corrected chi connectivity index (χ2v) is 4.44. The Bertz CT molecular complexity index is 177. The van der Waals surface area contributed by atoms with E-state index in [0.717, 1.165) is 12.8 Å². The van der Waals surface area contributed by atoms with Gasteiger partial charge in [0.15, 0.2) is 0 Å². The smallest absolute Gasteiger partial charge is 0.327 e. The highest BCUT2D eigenvalue weighted by atomic mass is 16.4. The average molecular weight is 247 g/mol. The molecule has 4 heteroatoms. The number of aliphatic carboxylic acids is 1. The molecule has 0 rings (SSSR count). The number of rotatable bonds is 7. The fraction of sp³-hybridized carbons (Fsp3) is 0.769. The van der Waals surface area contributed by atoms with Gasteiger partial charge in [-0.2, -0.15) is 0 Å². The molecule has 0 radical (unpaired) electrons. The molecule has 4 nitrogen and oxygen atoms in total. The van der Waals surface area contributed by atoms with Crippen molar-refractivity contribution in [1.82, 2.24) is 0 Å². The van der Waals surface area contributed by atoms with Crippen LogP contribution in [0, 0.1) is 0 Å². The molecule has 0 saturated heterocycles. The number of carboxylic acid groups (broad SMARTS) is 1. The molecular formula is C13H29NO3. The molecule has 0 saturated carbocycles. The van der Waals surface area contributed by atoms with Gasteiger partial charge in [0, 0.05) is 6.08 Å². The molecule has 17 heavy (non-hydrogen) atoms. The molecule has 0 fully saturated rings. The quantitative estimate of drug-likeness (QED) is 0.530. The van der Waals surface area contributed by atoms with Crippen LogP contribution in [-0.2, 0) is 4.79 Å². The monoisotopic (exact) mass is 247 g/mol. The summed E-state index contributed by atoms with van der Waals surface area (Å²) in [7, 11) is 6.25. The summed E-state index contributed by atoms with van der Waals surface area (Å²) in [6, 6.07) is 0. The van der Waals surface area contributed by atoms with Crippen LogP contribution in [0.4, 0.5) is 0 Å². The van der Waals surface area contributed by atoms with E-state index in [9.17, 15) is 4.79 Å². The molecule has 0 atom stereocenters. The molecule has 0 aromatic heterocycles. The Hall–Kier alpha value is -0.870. The zero-order valence-corrected chi connectivity index (χ0v) is 11.7. The SMILES string of the molecule is CCCCCCCC=CC(=O)O.C[NH+](C)C.[OH-]. The van der Waals surface area contributed by atoms with Crippen LogP contribution in [0.3, 0.4) is 0 Å². The van der Waals surface area contributed by atoms with Crippen molar-refractivity contribution >= 4 is 5.97 Å². The minimum atomic E-state index is -0.844. The fourth-order valence-corrected chi connectivity index (χ4v) is 1.05. The van der Waals surface area contributed by atoms with Crippen LogP contribution < -0.4 is 4.90 Å². The number of nitrogens with one attached hydrogen (secondary N) is 1. The lowest BCUT2D eigenvalue weighted by Gasteiger charge is -1.95. The molecule has 3 N–H and O–H groups in total. The Morgan fingerprint density at radius 1 is 1.12 bits per heavy atom. The van der Waals surface area contributed by atoms with Gasteiger partial charge in [0.05, 0.1) is 21.1 Å². The third kappa shape index (κ3) is 39.5. The molecule has 0 aliphatic rings. The van der Waals surface area contributed by atoms with Gasteiger partial charge in [-0.05, 0) is 12.8 Å². The van der Waals surface area contributed by atoms with E-state index in [1.807, 2.05) is 0 Å². The maximum Gasteiger partial charge on any atom is 0.327 e. The normalized spacial score (nSPS) is 9.71. The second kappa shape index (κ2) is 17.5. The molecule has 0 spiro atoms. The number of hydrogen-bond acceptors (Lipinski definition) is 2. The van der Waals surface area contributed by atoms with E-state index in [-0.39, 0.29) is 5.48 Å². The van der Waals surface area contributed by atoms with Crippen molar-refractivity contribution in [2.75, 3.05) is 21.1 Å². The van der Waals surface area contributed by atoms with Crippen molar-refractivity contribution in [3.05, 3.63) is 12.2 Å². The summed E-state index contributed by atoms with van der Waals surface area (Å²) in [6.07, 6.45) is 10.0. The van der Waals surface area contributed by atoms with Crippen molar-refractivity contribution in [1.29, 1.82) is 0 Å². The third-order valence-electron chi connectivity index (χ3n) is 1.73. The van der Waals surface area contributed by atoms with Gasteiger partial charge in [-0.3, -0.25) is 0 Å². The van der Waals surface area contributed by atoms with E-state index in [1.165, 1.54) is 36.7 Å². The molecule has 0 bridgehead atoms. The Morgan fingerprint density at radius 2 is 1.59 bits per heavy atom. The maximum absolute atomic E-state index is 10.0. The Labute approximate surface area is 106 Å². The van der Waals surface area contributed by atoms with Crippen molar-refractivity contribution in [3.63, 3.8) is 0 Å². The number of hydrogen-bond donors (Lipinski definition) is 2. The third-order valence-corrected chi connectivity index (χ3v) is 1.73. The van der Waals surface area contributed by atoms with Gasteiger partial charge >= 0.3 is 5.97 Å². The molecule has 0 aromatic carbocycles. The lowest BCUT2D eigenvalue weighted by molar-refractivity contribution is -0.836. The first kappa shape index (κ1) is 21.4. The van der Waals surface area contributed by atoms with Gasteiger partial charge in [-0.15, -0.1) is 0 Å². The minimum absolute atomic E-state index is 0. The van der Waals surface area contributed by atoms with Crippen molar-refractivity contribution in [3.8, 4) is 0 Å². The molecule has 0 unspecified atom stereocenters. The van der Waals surface area contributed by atoms with E-state index in [0.29, 0.717) is 0 Å². The van der Waals surface area contributed by atoms with E-state index in [2.05, 4.69) is 28.1 Å². The molecule has 0 aromatic rings. The Balaban J connectivity index is -0.000000340. The zero-order chi connectivity index (χ0) is 12.8. The van der Waals surface area contributed by atoms with Crippen LogP contribution >= 0.6 is 0 Å². The summed E-state index contributed by atoms with van der Waals surface area (Å²) in [5.74, 6) is -0.844. The molecule has 0 heterocycles. The van der Waals surface area contributed by atoms with E-state index in [1.54, 1.807) is 6.08 Å². The highest BCUT2D eigenvalue weighted by Gasteiger charge is 1.87. The maximum atomic E-state index is 10.0. The Kier molecular flexibility index (Phi) is 22.1. The zero-order valence-electron chi connectivity index (χ0n) is 11.7. The lowest BCUT2D eigenvalue weighted by Crippen LogP contribution is -3.02. The topological polar surface area (TPSA) is 71.7 Å². The van der Waals surface area contributed by atoms with Gasteiger partial charge in [0.25, 0.3) is 0 Å². The highest BCUT2D eigenvalue weighted by Crippen LogP contribution is 2.04. The first-order chi connectivity index (χ1) is 7.50. The van der Waals surface area contributed by atoms with Gasteiger partial charge in [-0.25, -0.2) is 4.79 Å². The fourth-order valence-electron chi connectivity index (χ4n) is 1.05. The first-order valence-corrected chi connectivity index (χ1v) is 6.17. The van der Waals surface area contributed by atoms with Gasteiger partial charge in [0.2, 0.25) is 0 Å². The number of carboxylic acids is 1. The molecule has 0 aliphatic heterocycles. The number of allylic oxidation sites excluding steroid dienone is 1. The van der Waals surface area contributed by atoms with Gasteiger partial charge in [0.1, 0.15) is 0 Å². The van der Waals surface area contributed by atoms with Crippen LogP contribution in [0.2, 0.25) is 0 Å². The van der Waals surface area contributed by atoms with Crippen LogP contribution in [0.15, 0.2) is 12.2 Å². The standard InChI is InChI=1S/C10H18O2.C3H9N.H2O/c1-2-3-4-5-6-7-8-9-10(11)12;1-4(2)3;/h8-9H,2-7H2,1H3,(H,11,12);1-3H3;1H2. The summed E-state index contributed by atoms with van der Waals surface area (Å²) < 4.78 is 0. The van der Waals surface area contributed by atoms with Gasteiger partial charge in [-0.1, -0.05) is 38.7 Å². The van der Waals surface area contributed by atoms with Crippen LogP contribution in [-0.4, -0.2) is 37.7 Å². The van der Waals surface area contributed by atoms with Crippen LogP contribution in [0.5, 0.6) is 0 Å². The predicted molar refractivity (Wildman–Crippen MR) is 70.8 cm³/mol. The Morgan fingerprint density at radius 3 is 2.00 bits per heavy atom. The molecule has 0 aliphatic carbocycles. The average Bonchev–Trinajstić information content (AvgIpc) is 2.15. The summed E-state index contributed by atoms with van der Waals surface area (Å²) >= 11 is 0. The number of quaternary nitrogens is 1. The van der Waals surface area contributed by atoms with Crippen molar-refractivity contribution in [2.24, 2.45) is 0 Å². The van der Waals surface area contributed by atoms with Crippen LogP contribution in [0.25, 0.3) is 0 Å². The van der Waals surface area contributed by atoms with E-state index >= 15 is 0 Å². The minimum Gasteiger partial charge on any atom is -0.870 e. The van der Waals surface area contributed by atoms with Gasteiger partial charge < -0.3 is 15.5 Å². The second-order valence-electron chi connectivity index (χ2n) is 4.44.